The molecule has 9 heteroatoms. The second-order valence-corrected chi connectivity index (χ2v) is 7.15. The zero-order chi connectivity index (χ0) is 16.4. The number of urea groups is 1. The molecule has 1 aliphatic carbocycles. The third-order valence-electron chi connectivity index (χ3n) is 4.56. The van der Waals surface area contributed by atoms with Crippen LogP contribution in [-0.2, 0) is 9.59 Å². The molecular weight excluding hydrogens is 320 g/mol. The van der Waals surface area contributed by atoms with Crippen LogP contribution < -0.4 is 10.7 Å². The Labute approximate surface area is 138 Å². The molecule has 0 aromatic heterocycles. The predicted octanol–water partition coefficient (Wildman–Crippen LogP) is 0.831. The summed E-state index contributed by atoms with van der Waals surface area (Å²) in [6.45, 7) is 0.926. The van der Waals surface area contributed by atoms with Crippen molar-refractivity contribution in [3.63, 3.8) is 0 Å². The first-order valence-corrected chi connectivity index (χ1v) is 8.88. The Hall–Kier alpha value is -1.77. The van der Waals surface area contributed by atoms with Gasteiger partial charge in [-0.3, -0.25) is 19.8 Å². The van der Waals surface area contributed by atoms with Crippen molar-refractivity contribution < 1.29 is 19.2 Å². The highest BCUT2D eigenvalue weighted by Gasteiger charge is 2.52. The van der Waals surface area contributed by atoms with Gasteiger partial charge in [0.1, 0.15) is 5.54 Å². The molecule has 0 unspecified atom stereocenters. The zero-order valence-electron chi connectivity index (χ0n) is 12.8. The highest BCUT2D eigenvalue weighted by molar-refractivity contribution is 8.13. The van der Waals surface area contributed by atoms with E-state index in [0.29, 0.717) is 25.9 Å². The van der Waals surface area contributed by atoms with E-state index in [9.17, 15) is 19.2 Å². The summed E-state index contributed by atoms with van der Waals surface area (Å²) in [5.41, 5.74) is 1.53. The minimum absolute atomic E-state index is 0.0334. The van der Waals surface area contributed by atoms with E-state index in [1.54, 1.807) is 4.90 Å². The number of rotatable bonds is 4. The van der Waals surface area contributed by atoms with Gasteiger partial charge in [-0.1, -0.05) is 31.0 Å². The molecule has 0 bridgehead atoms. The van der Waals surface area contributed by atoms with Gasteiger partial charge in [0.15, 0.2) is 0 Å². The number of hydrogen-bond acceptors (Lipinski definition) is 5. The average Bonchev–Trinajstić information content (AvgIpc) is 3.03. The lowest BCUT2D eigenvalue weighted by Gasteiger charge is -2.30. The molecular formula is C14H20N4O4S. The first-order chi connectivity index (χ1) is 11.0. The number of thioether (sulfide) groups is 1. The first-order valence-electron chi connectivity index (χ1n) is 7.90. The summed E-state index contributed by atoms with van der Waals surface area (Å²) in [5, 5.41) is 3.50. The van der Waals surface area contributed by atoms with E-state index >= 15 is 0 Å². The van der Waals surface area contributed by atoms with Gasteiger partial charge in [0.25, 0.3) is 11.1 Å². The van der Waals surface area contributed by atoms with Gasteiger partial charge < -0.3 is 10.2 Å². The van der Waals surface area contributed by atoms with Gasteiger partial charge in [-0.25, -0.2) is 4.79 Å². The highest BCUT2D eigenvalue weighted by Crippen LogP contribution is 2.33. The van der Waals surface area contributed by atoms with E-state index in [1.165, 1.54) is 11.8 Å². The Morgan fingerprint density at radius 1 is 1.22 bits per heavy atom. The molecule has 2 N–H and O–H groups in total. The van der Waals surface area contributed by atoms with E-state index in [0.717, 1.165) is 30.0 Å². The number of nitrogens with one attached hydrogen (secondary N) is 2. The van der Waals surface area contributed by atoms with Crippen molar-refractivity contribution in [1.29, 1.82) is 0 Å². The lowest BCUT2D eigenvalue weighted by Crippen LogP contribution is -2.51. The van der Waals surface area contributed by atoms with Crippen LogP contribution in [0.2, 0.25) is 0 Å². The molecule has 2 aliphatic heterocycles. The maximum Gasteiger partial charge on any atom is 0.344 e. The highest BCUT2D eigenvalue weighted by atomic mass is 32.2. The summed E-state index contributed by atoms with van der Waals surface area (Å²) in [6.07, 6.45) is 4.13. The quantitative estimate of drug-likeness (QED) is 0.739. The predicted molar refractivity (Wildman–Crippen MR) is 83.4 cm³/mol. The molecule has 0 aromatic rings. The lowest BCUT2D eigenvalue weighted by atomic mass is 9.82. The molecule has 3 aliphatic rings. The molecule has 0 radical (unpaired) electrons. The normalized spacial score (nSPS) is 23.6. The van der Waals surface area contributed by atoms with Gasteiger partial charge >= 0.3 is 6.03 Å². The monoisotopic (exact) mass is 340 g/mol. The number of imide groups is 1. The van der Waals surface area contributed by atoms with E-state index in [-0.39, 0.29) is 17.6 Å². The Balaban J connectivity index is 1.54. The van der Waals surface area contributed by atoms with Crippen LogP contribution in [0.15, 0.2) is 0 Å². The number of carbonyl (C=O) groups excluding carboxylic acids is 4. The lowest BCUT2D eigenvalue weighted by molar-refractivity contribution is -0.139. The largest absolute Gasteiger partial charge is 0.344 e. The molecule has 3 fully saturated rings. The van der Waals surface area contributed by atoms with Gasteiger partial charge in [-0.15, -0.1) is 0 Å². The van der Waals surface area contributed by atoms with Crippen LogP contribution in [0.5, 0.6) is 0 Å². The molecule has 126 valence electrons. The van der Waals surface area contributed by atoms with Crippen LogP contribution in [-0.4, -0.2) is 57.4 Å². The van der Waals surface area contributed by atoms with Crippen molar-refractivity contribution in [2.45, 2.75) is 44.1 Å². The second-order valence-electron chi connectivity index (χ2n) is 6.10. The van der Waals surface area contributed by atoms with Crippen LogP contribution in [0.1, 0.15) is 38.5 Å². The van der Waals surface area contributed by atoms with Crippen LogP contribution in [0.25, 0.3) is 0 Å². The Kier molecular flexibility index (Phi) is 4.47. The molecule has 2 heterocycles. The maximum atomic E-state index is 12.5. The molecule has 2 saturated heterocycles. The van der Waals surface area contributed by atoms with Crippen molar-refractivity contribution >= 4 is 34.8 Å². The number of amides is 5. The van der Waals surface area contributed by atoms with Crippen molar-refractivity contribution in [3.05, 3.63) is 0 Å². The van der Waals surface area contributed by atoms with Gasteiger partial charge in [0, 0.05) is 25.3 Å². The zero-order valence-corrected chi connectivity index (χ0v) is 13.6. The minimum Gasteiger partial charge on any atom is -0.332 e. The molecule has 0 atom stereocenters. The number of hydrazine groups is 1. The number of carbonyl (C=O) groups is 4. The Morgan fingerprint density at radius 2 is 1.96 bits per heavy atom. The van der Waals surface area contributed by atoms with E-state index < -0.39 is 17.5 Å². The summed E-state index contributed by atoms with van der Waals surface area (Å²) in [5.74, 6) is -0.0786. The second kappa shape index (κ2) is 6.38. The number of nitrogens with zero attached hydrogens (tertiary/aromatic N) is 2. The molecule has 23 heavy (non-hydrogen) atoms. The summed E-state index contributed by atoms with van der Waals surface area (Å²) in [6, 6.07) is -0.571. The Morgan fingerprint density at radius 3 is 2.61 bits per heavy atom. The first kappa shape index (κ1) is 16.1. The minimum atomic E-state index is -0.843. The van der Waals surface area contributed by atoms with Crippen molar-refractivity contribution in [1.82, 2.24) is 20.7 Å². The molecule has 1 spiro atoms. The third-order valence-corrected chi connectivity index (χ3v) is 5.45. The fourth-order valence-electron chi connectivity index (χ4n) is 3.26. The molecule has 0 aromatic carbocycles. The summed E-state index contributed by atoms with van der Waals surface area (Å²) in [4.78, 5) is 49.6. The van der Waals surface area contributed by atoms with Crippen LogP contribution >= 0.6 is 11.8 Å². The van der Waals surface area contributed by atoms with Crippen LogP contribution in [0.3, 0.4) is 0 Å². The smallest absolute Gasteiger partial charge is 0.332 e. The Bertz CT molecular complexity index is 547. The van der Waals surface area contributed by atoms with Gasteiger partial charge in [-0.2, -0.15) is 5.01 Å². The fraction of sp³-hybridized carbons (Fsp3) is 0.714. The van der Waals surface area contributed by atoms with Crippen molar-refractivity contribution in [2.24, 2.45) is 0 Å². The summed E-state index contributed by atoms with van der Waals surface area (Å²) in [7, 11) is 0. The van der Waals surface area contributed by atoms with Gasteiger partial charge in [0.05, 0.1) is 0 Å². The van der Waals surface area contributed by atoms with Crippen LogP contribution in [0.4, 0.5) is 9.59 Å². The number of hydrogen-bond donors (Lipinski definition) is 2. The molecule has 8 nitrogen and oxygen atoms in total. The summed E-state index contributed by atoms with van der Waals surface area (Å²) >= 11 is 1.23. The molecule has 3 rings (SSSR count). The topological polar surface area (TPSA) is 98.8 Å². The SMILES string of the molecule is O=C(CCN1CCSC1=O)NN1C(=O)NC2(CCCCC2)C1=O. The van der Waals surface area contributed by atoms with E-state index in [2.05, 4.69) is 10.7 Å². The average molecular weight is 340 g/mol. The van der Waals surface area contributed by atoms with Crippen molar-refractivity contribution in [2.75, 3.05) is 18.8 Å². The standard InChI is InChI=1S/C14H20N4O4S/c19-10(4-7-17-8-9-23-13(17)22)16-18-11(20)14(15-12(18)21)5-2-1-3-6-14/h1-9H2,(H,15,21)(H,16,19). The van der Waals surface area contributed by atoms with E-state index in [1.807, 2.05) is 0 Å². The van der Waals surface area contributed by atoms with Gasteiger partial charge in [0.2, 0.25) is 5.91 Å². The van der Waals surface area contributed by atoms with Crippen LogP contribution in [0, 0.1) is 0 Å². The van der Waals surface area contributed by atoms with Crippen molar-refractivity contribution in [3.8, 4) is 0 Å². The summed E-state index contributed by atoms with van der Waals surface area (Å²) < 4.78 is 0. The third kappa shape index (κ3) is 3.15. The van der Waals surface area contributed by atoms with Gasteiger partial charge in [-0.05, 0) is 12.8 Å². The molecule has 5 amide bonds. The van der Waals surface area contributed by atoms with E-state index in [4.69, 9.17) is 0 Å². The fourth-order valence-corrected chi connectivity index (χ4v) is 4.11. The maximum absolute atomic E-state index is 12.5. The molecule has 1 saturated carbocycles.